The number of nitrogens with one attached hydrogen (secondary N) is 2. The first-order valence-electron chi connectivity index (χ1n) is 8.46. The number of aromatic amines is 2. The molecule has 5 heterocycles. The number of nitrogens with zero attached hydrogens (tertiary/aromatic N) is 2. The second-order valence-corrected chi connectivity index (χ2v) is 6.33. The van der Waals surface area contributed by atoms with Gasteiger partial charge in [0.2, 0.25) is 0 Å². The van der Waals surface area contributed by atoms with E-state index in [9.17, 15) is 0 Å². The Morgan fingerprint density at radius 1 is 0.654 bits per heavy atom. The third-order valence-electron chi connectivity index (χ3n) is 4.42. The van der Waals surface area contributed by atoms with E-state index in [-0.39, 0.29) is 0 Å². The Morgan fingerprint density at radius 3 is 1.77 bits per heavy atom. The minimum absolute atomic E-state index is 0.909. The minimum atomic E-state index is 0.909. The molecule has 2 N–H and O–H groups in total. The van der Waals surface area contributed by atoms with Gasteiger partial charge in [-0.25, -0.2) is 9.97 Å². The standard InChI is InChI=1S/C22H16N4/c1-2-14-9-21-12-19-6-5-17(24-19)10-15-3-4-16(23-15)11-18-7-8-20(25-18)13-22(14)26-21/h2-13,23,26H,1H2. The third-order valence-corrected chi connectivity index (χ3v) is 4.42. The van der Waals surface area contributed by atoms with E-state index < -0.39 is 0 Å². The number of fused-ring (bicyclic) bond motifs is 8. The molecule has 3 aromatic rings. The molecule has 0 aromatic carbocycles. The molecule has 4 nitrogen and oxygen atoms in total. The predicted octanol–water partition coefficient (Wildman–Crippen LogP) is 5.30. The molecule has 0 amide bonds. The summed E-state index contributed by atoms with van der Waals surface area (Å²) in [6, 6.07) is 14.3. The lowest BCUT2D eigenvalue weighted by Gasteiger charge is -1.87. The van der Waals surface area contributed by atoms with Gasteiger partial charge < -0.3 is 9.97 Å². The molecular weight excluding hydrogens is 320 g/mol. The highest BCUT2D eigenvalue weighted by Crippen LogP contribution is 2.20. The van der Waals surface area contributed by atoms with Gasteiger partial charge in [0, 0.05) is 22.1 Å². The van der Waals surface area contributed by atoms with Crippen molar-refractivity contribution < 1.29 is 0 Å². The quantitative estimate of drug-likeness (QED) is 0.436. The van der Waals surface area contributed by atoms with Crippen LogP contribution in [0.15, 0.2) is 49.0 Å². The Hall–Kier alpha value is -3.66. The van der Waals surface area contributed by atoms with Crippen LogP contribution in [0, 0.1) is 0 Å². The van der Waals surface area contributed by atoms with Crippen LogP contribution in [0.4, 0.5) is 0 Å². The van der Waals surface area contributed by atoms with Crippen molar-refractivity contribution in [1.29, 1.82) is 0 Å². The van der Waals surface area contributed by atoms with E-state index in [0.717, 1.165) is 50.4 Å². The first-order chi connectivity index (χ1) is 12.7. The summed E-state index contributed by atoms with van der Waals surface area (Å²) < 4.78 is 0. The van der Waals surface area contributed by atoms with Crippen LogP contribution in [0.2, 0.25) is 0 Å². The summed E-state index contributed by atoms with van der Waals surface area (Å²) in [5.74, 6) is 0. The third kappa shape index (κ3) is 2.67. The molecule has 4 heteroatoms. The second kappa shape index (κ2) is 5.70. The topological polar surface area (TPSA) is 57.4 Å². The van der Waals surface area contributed by atoms with Crippen molar-refractivity contribution in [2.75, 3.05) is 0 Å². The smallest absolute Gasteiger partial charge is 0.0658 e. The summed E-state index contributed by atoms with van der Waals surface area (Å²) in [6.45, 7) is 3.92. The first-order valence-corrected chi connectivity index (χ1v) is 8.46. The lowest BCUT2D eigenvalue weighted by Crippen LogP contribution is -1.75. The molecule has 0 unspecified atom stereocenters. The van der Waals surface area contributed by atoms with Gasteiger partial charge in [-0.15, -0.1) is 0 Å². The zero-order valence-corrected chi connectivity index (χ0v) is 14.0. The Balaban J connectivity index is 1.88. The molecule has 26 heavy (non-hydrogen) atoms. The molecule has 0 saturated carbocycles. The maximum absolute atomic E-state index is 4.68. The summed E-state index contributed by atoms with van der Waals surface area (Å²) in [5.41, 5.74) is 8.72. The zero-order chi connectivity index (χ0) is 17.5. The van der Waals surface area contributed by atoms with E-state index in [2.05, 4.69) is 32.6 Å². The molecule has 0 saturated heterocycles. The lowest BCUT2D eigenvalue weighted by atomic mass is 10.2. The fourth-order valence-corrected chi connectivity index (χ4v) is 3.21. The van der Waals surface area contributed by atoms with Gasteiger partial charge in [-0.2, -0.15) is 0 Å². The monoisotopic (exact) mass is 336 g/mol. The molecule has 0 radical (unpaired) electrons. The Bertz CT molecular complexity index is 1250. The van der Waals surface area contributed by atoms with Crippen molar-refractivity contribution in [2.45, 2.75) is 0 Å². The molecule has 2 aliphatic rings. The average molecular weight is 336 g/mol. The van der Waals surface area contributed by atoms with Crippen LogP contribution >= 0.6 is 0 Å². The fraction of sp³-hybridized carbons (Fsp3) is 0. The molecule has 2 aliphatic heterocycles. The number of H-pyrrole nitrogens is 2. The van der Waals surface area contributed by atoms with Gasteiger partial charge in [0.1, 0.15) is 0 Å². The Morgan fingerprint density at radius 2 is 1.19 bits per heavy atom. The van der Waals surface area contributed by atoms with Gasteiger partial charge in [0.05, 0.1) is 22.8 Å². The van der Waals surface area contributed by atoms with Crippen molar-refractivity contribution in [2.24, 2.45) is 0 Å². The van der Waals surface area contributed by atoms with Crippen molar-refractivity contribution in [1.82, 2.24) is 19.9 Å². The SMILES string of the molecule is C=Cc1cc2cc3nc(cc4ccc(cc5nc(cc1[nH]2)C=C5)[nH]4)C=C3. The van der Waals surface area contributed by atoms with Crippen LogP contribution in [-0.4, -0.2) is 19.9 Å². The molecule has 124 valence electrons. The molecule has 0 atom stereocenters. The van der Waals surface area contributed by atoms with Gasteiger partial charge in [-0.3, -0.25) is 0 Å². The summed E-state index contributed by atoms with van der Waals surface area (Å²) in [6.07, 6.45) is 9.91. The number of hydrogen-bond acceptors (Lipinski definition) is 2. The predicted molar refractivity (Wildman–Crippen MR) is 109 cm³/mol. The van der Waals surface area contributed by atoms with Crippen LogP contribution in [-0.2, 0) is 0 Å². The van der Waals surface area contributed by atoms with Crippen molar-refractivity contribution in [3.63, 3.8) is 0 Å². The summed E-state index contributed by atoms with van der Waals surface area (Å²) >= 11 is 0. The molecule has 0 aliphatic carbocycles. The van der Waals surface area contributed by atoms with Crippen LogP contribution in [0.1, 0.15) is 28.3 Å². The molecule has 5 rings (SSSR count). The first kappa shape index (κ1) is 14.7. The second-order valence-electron chi connectivity index (χ2n) is 6.33. The van der Waals surface area contributed by atoms with E-state index in [1.165, 1.54) is 0 Å². The van der Waals surface area contributed by atoms with Gasteiger partial charge in [0.25, 0.3) is 0 Å². The highest BCUT2D eigenvalue weighted by atomic mass is 14.8. The zero-order valence-electron chi connectivity index (χ0n) is 14.0. The molecule has 3 aromatic heterocycles. The normalized spacial score (nSPS) is 12.5. The highest BCUT2D eigenvalue weighted by molar-refractivity contribution is 5.81. The van der Waals surface area contributed by atoms with Crippen LogP contribution in [0.25, 0.3) is 52.4 Å². The van der Waals surface area contributed by atoms with E-state index in [4.69, 9.17) is 0 Å². The number of hydrogen-bond donors (Lipinski definition) is 2. The van der Waals surface area contributed by atoms with Crippen LogP contribution in [0.3, 0.4) is 0 Å². The molecular formula is C22H16N4. The average Bonchev–Trinajstić information content (AvgIpc) is 3.39. The van der Waals surface area contributed by atoms with E-state index in [1.54, 1.807) is 0 Å². The van der Waals surface area contributed by atoms with E-state index in [1.807, 2.05) is 66.8 Å². The van der Waals surface area contributed by atoms with Crippen molar-refractivity contribution in [3.05, 3.63) is 77.4 Å². The minimum Gasteiger partial charge on any atom is -0.355 e. The van der Waals surface area contributed by atoms with E-state index in [0.29, 0.717) is 0 Å². The van der Waals surface area contributed by atoms with Crippen LogP contribution < -0.4 is 0 Å². The summed E-state index contributed by atoms with van der Waals surface area (Å²) in [5, 5.41) is 0. The van der Waals surface area contributed by atoms with Gasteiger partial charge >= 0.3 is 0 Å². The Labute approximate surface area is 150 Å². The van der Waals surface area contributed by atoms with Gasteiger partial charge in [-0.1, -0.05) is 12.7 Å². The molecule has 0 spiro atoms. The number of aromatic nitrogens is 4. The Kier molecular flexibility index (Phi) is 3.22. The summed E-state index contributed by atoms with van der Waals surface area (Å²) in [7, 11) is 0. The number of rotatable bonds is 1. The highest BCUT2D eigenvalue weighted by Gasteiger charge is 2.03. The van der Waals surface area contributed by atoms with Gasteiger partial charge in [-0.05, 0) is 72.3 Å². The van der Waals surface area contributed by atoms with Gasteiger partial charge in [0.15, 0.2) is 0 Å². The summed E-state index contributed by atoms with van der Waals surface area (Å²) in [4.78, 5) is 16.1. The van der Waals surface area contributed by atoms with Crippen molar-refractivity contribution >= 4 is 52.4 Å². The molecule has 0 fully saturated rings. The maximum Gasteiger partial charge on any atom is 0.0658 e. The van der Waals surface area contributed by atoms with E-state index >= 15 is 0 Å². The fourth-order valence-electron chi connectivity index (χ4n) is 3.21. The van der Waals surface area contributed by atoms with Crippen molar-refractivity contribution in [3.8, 4) is 0 Å². The maximum atomic E-state index is 4.68. The van der Waals surface area contributed by atoms with Crippen LogP contribution in [0.5, 0.6) is 0 Å². The molecule has 8 bridgehead atoms. The lowest BCUT2D eigenvalue weighted by molar-refractivity contribution is 1.31. The largest absolute Gasteiger partial charge is 0.355 e.